The first-order chi connectivity index (χ1) is 11.4. The SMILES string of the molecule is O=S(=O)(CCn1nnc(-c2ccc(Br)cc2)n1)c1ccc(Br)cc1. The number of aryl methyl sites for hydroxylation is 1. The second-order valence-electron chi connectivity index (χ2n) is 4.99. The molecule has 1 heterocycles. The van der Waals surface area contributed by atoms with E-state index in [9.17, 15) is 8.42 Å². The summed E-state index contributed by atoms with van der Waals surface area (Å²) in [5.74, 6) is 0.369. The molecule has 0 aliphatic carbocycles. The van der Waals surface area contributed by atoms with Gasteiger partial charge in [-0.05, 0) is 53.7 Å². The lowest BCUT2D eigenvalue weighted by molar-refractivity contribution is 0.538. The molecular formula is C15H12Br2N4O2S. The third-order valence-electron chi connectivity index (χ3n) is 3.29. The Hall–Kier alpha value is -1.58. The highest BCUT2D eigenvalue weighted by Gasteiger charge is 2.15. The summed E-state index contributed by atoms with van der Waals surface area (Å²) in [7, 11) is -3.39. The molecule has 9 heteroatoms. The lowest BCUT2D eigenvalue weighted by atomic mass is 10.2. The molecule has 24 heavy (non-hydrogen) atoms. The molecule has 0 radical (unpaired) electrons. The number of hydrogen-bond donors (Lipinski definition) is 0. The standard InChI is InChI=1S/C15H12Br2N4O2S/c16-12-3-1-11(2-4-12)15-18-20-21(19-15)9-10-24(22,23)14-7-5-13(17)6-8-14/h1-8H,9-10H2. The second kappa shape index (κ2) is 7.12. The highest BCUT2D eigenvalue weighted by Crippen LogP contribution is 2.18. The Morgan fingerprint density at radius 3 is 2.12 bits per heavy atom. The molecule has 0 amide bonds. The molecule has 0 bridgehead atoms. The average molecular weight is 472 g/mol. The largest absolute Gasteiger partial charge is 0.224 e. The zero-order chi connectivity index (χ0) is 17.2. The van der Waals surface area contributed by atoms with Crippen LogP contribution in [0.15, 0.2) is 62.4 Å². The monoisotopic (exact) mass is 470 g/mol. The number of nitrogens with zero attached hydrogens (tertiary/aromatic N) is 4. The number of hydrogen-bond acceptors (Lipinski definition) is 5. The van der Waals surface area contributed by atoms with Gasteiger partial charge < -0.3 is 0 Å². The maximum atomic E-state index is 12.3. The van der Waals surface area contributed by atoms with E-state index >= 15 is 0 Å². The summed E-state index contributed by atoms with van der Waals surface area (Å²) in [6.45, 7) is 0.141. The van der Waals surface area contributed by atoms with E-state index in [-0.39, 0.29) is 17.2 Å². The predicted molar refractivity (Wildman–Crippen MR) is 97.1 cm³/mol. The van der Waals surface area contributed by atoms with E-state index < -0.39 is 9.84 Å². The van der Waals surface area contributed by atoms with E-state index in [0.717, 1.165) is 14.5 Å². The van der Waals surface area contributed by atoms with Crippen LogP contribution in [0.2, 0.25) is 0 Å². The molecular weight excluding hydrogens is 460 g/mol. The normalized spacial score (nSPS) is 11.6. The Kier molecular flexibility index (Phi) is 5.12. The molecule has 2 aromatic carbocycles. The second-order valence-corrected chi connectivity index (χ2v) is 8.93. The van der Waals surface area contributed by atoms with Crippen molar-refractivity contribution in [2.45, 2.75) is 11.4 Å². The van der Waals surface area contributed by atoms with Gasteiger partial charge in [-0.1, -0.05) is 31.9 Å². The Balaban J connectivity index is 1.71. The van der Waals surface area contributed by atoms with E-state index in [4.69, 9.17) is 0 Å². The van der Waals surface area contributed by atoms with Crippen molar-refractivity contribution in [2.75, 3.05) is 5.75 Å². The van der Waals surface area contributed by atoms with E-state index in [0.29, 0.717) is 5.82 Å². The third-order valence-corrected chi connectivity index (χ3v) is 6.06. The molecule has 0 saturated carbocycles. The van der Waals surface area contributed by atoms with Gasteiger partial charge in [-0.2, -0.15) is 4.80 Å². The van der Waals surface area contributed by atoms with Crippen LogP contribution in [0.3, 0.4) is 0 Å². The van der Waals surface area contributed by atoms with Crippen LogP contribution >= 0.6 is 31.9 Å². The number of sulfone groups is 1. The number of halogens is 2. The first-order valence-corrected chi connectivity index (χ1v) is 10.2. The fraction of sp³-hybridized carbons (Fsp3) is 0.133. The predicted octanol–water partition coefficient (Wildman–Crippen LogP) is 3.34. The van der Waals surface area contributed by atoms with Gasteiger partial charge in [0.1, 0.15) is 0 Å². The highest BCUT2D eigenvalue weighted by molar-refractivity contribution is 9.10. The smallest absolute Gasteiger partial charge is 0.204 e. The fourth-order valence-corrected chi connectivity index (χ4v) is 3.73. The van der Waals surface area contributed by atoms with Gasteiger partial charge in [-0.25, -0.2) is 8.42 Å². The molecule has 3 aromatic rings. The lowest BCUT2D eigenvalue weighted by Crippen LogP contribution is -2.15. The minimum absolute atomic E-state index is 0.0925. The number of benzene rings is 2. The van der Waals surface area contributed by atoms with Gasteiger partial charge in [0.2, 0.25) is 5.82 Å². The Bertz CT molecular complexity index is 938. The van der Waals surface area contributed by atoms with Crippen molar-refractivity contribution in [3.8, 4) is 11.4 Å². The summed E-state index contributed by atoms with van der Waals surface area (Å²) >= 11 is 6.65. The van der Waals surface area contributed by atoms with Crippen molar-refractivity contribution in [1.82, 2.24) is 20.2 Å². The molecule has 0 aliphatic heterocycles. The molecule has 124 valence electrons. The summed E-state index contributed by atoms with van der Waals surface area (Å²) in [6, 6.07) is 14.0. The van der Waals surface area contributed by atoms with Gasteiger partial charge in [0.05, 0.1) is 17.2 Å². The number of tetrazole rings is 1. The van der Waals surface area contributed by atoms with Crippen molar-refractivity contribution >= 4 is 41.7 Å². The van der Waals surface area contributed by atoms with Crippen LogP contribution < -0.4 is 0 Å². The van der Waals surface area contributed by atoms with Gasteiger partial charge in [0.25, 0.3) is 0 Å². The maximum absolute atomic E-state index is 12.3. The topological polar surface area (TPSA) is 77.7 Å². The van der Waals surface area contributed by atoms with Crippen LogP contribution in [0, 0.1) is 0 Å². The van der Waals surface area contributed by atoms with Crippen molar-refractivity contribution < 1.29 is 8.42 Å². The molecule has 0 saturated heterocycles. The Labute approximate surface area is 156 Å². The molecule has 0 unspecified atom stereocenters. The summed E-state index contributed by atoms with van der Waals surface area (Å²) in [6.07, 6.45) is 0. The highest BCUT2D eigenvalue weighted by atomic mass is 79.9. The lowest BCUT2D eigenvalue weighted by Gasteiger charge is -2.03. The van der Waals surface area contributed by atoms with E-state index in [1.807, 2.05) is 24.3 Å². The quantitative estimate of drug-likeness (QED) is 0.570. The van der Waals surface area contributed by atoms with E-state index in [1.54, 1.807) is 24.3 Å². The molecule has 0 aliphatic rings. The maximum Gasteiger partial charge on any atom is 0.204 e. The van der Waals surface area contributed by atoms with Gasteiger partial charge in [0.15, 0.2) is 9.84 Å². The minimum atomic E-state index is -3.39. The molecule has 0 spiro atoms. The van der Waals surface area contributed by atoms with Crippen molar-refractivity contribution in [1.29, 1.82) is 0 Å². The third kappa shape index (κ3) is 4.08. The van der Waals surface area contributed by atoms with E-state index in [2.05, 4.69) is 47.3 Å². The van der Waals surface area contributed by atoms with Gasteiger partial charge in [-0.15, -0.1) is 10.2 Å². The van der Waals surface area contributed by atoms with Crippen LogP contribution in [0.25, 0.3) is 11.4 Å². The molecule has 6 nitrogen and oxygen atoms in total. The fourth-order valence-electron chi connectivity index (χ4n) is 2.01. The summed E-state index contributed by atoms with van der Waals surface area (Å²) < 4.78 is 26.4. The molecule has 0 fully saturated rings. The summed E-state index contributed by atoms with van der Waals surface area (Å²) in [5.41, 5.74) is 0.820. The van der Waals surface area contributed by atoms with Gasteiger partial charge in [-0.3, -0.25) is 0 Å². The zero-order valence-corrected chi connectivity index (χ0v) is 16.3. The number of rotatable bonds is 5. The van der Waals surface area contributed by atoms with Crippen molar-refractivity contribution in [2.24, 2.45) is 0 Å². The van der Waals surface area contributed by atoms with Crippen LogP contribution in [0.4, 0.5) is 0 Å². The van der Waals surface area contributed by atoms with Crippen LogP contribution in [0.5, 0.6) is 0 Å². The first-order valence-electron chi connectivity index (χ1n) is 6.96. The summed E-state index contributed by atoms with van der Waals surface area (Å²) in [4.78, 5) is 1.58. The summed E-state index contributed by atoms with van der Waals surface area (Å²) in [5, 5.41) is 12.1. The molecule has 1 aromatic heterocycles. The van der Waals surface area contributed by atoms with Crippen molar-refractivity contribution in [3.05, 3.63) is 57.5 Å². The molecule has 3 rings (SSSR count). The minimum Gasteiger partial charge on any atom is -0.224 e. The van der Waals surface area contributed by atoms with Crippen LogP contribution in [-0.4, -0.2) is 34.4 Å². The average Bonchev–Trinajstić information content (AvgIpc) is 3.03. The van der Waals surface area contributed by atoms with Crippen molar-refractivity contribution in [3.63, 3.8) is 0 Å². The van der Waals surface area contributed by atoms with E-state index in [1.165, 1.54) is 4.80 Å². The molecule has 0 atom stereocenters. The number of aromatic nitrogens is 4. The van der Waals surface area contributed by atoms with Crippen LogP contribution in [-0.2, 0) is 16.4 Å². The first kappa shape index (κ1) is 17.2. The van der Waals surface area contributed by atoms with Crippen LogP contribution in [0.1, 0.15) is 0 Å². The molecule has 0 N–H and O–H groups in total. The van der Waals surface area contributed by atoms with Gasteiger partial charge >= 0.3 is 0 Å². The Morgan fingerprint density at radius 1 is 0.917 bits per heavy atom. The zero-order valence-electron chi connectivity index (χ0n) is 12.3. The van der Waals surface area contributed by atoms with Gasteiger partial charge in [0, 0.05) is 14.5 Å². The Morgan fingerprint density at radius 2 is 1.50 bits per heavy atom.